The minimum Gasteiger partial charge on any atom is -0.486 e. The Morgan fingerprint density at radius 1 is 1.20 bits per heavy atom. The van der Waals surface area contributed by atoms with Gasteiger partial charge in [-0.3, -0.25) is 9.78 Å². The monoisotopic (exact) mass is 335 g/mol. The van der Waals surface area contributed by atoms with E-state index in [4.69, 9.17) is 9.26 Å². The van der Waals surface area contributed by atoms with Crippen LogP contribution in [0.15, 0.2) is 59.4 Å². The Morgan fingerprint density at radius 2 is 2.08 bits per heavy atom. The summed E-state index contributed by atoms with van der Waals surface area (Å²) in [6.45, 7) is 1.40. The molecule has 6 nitrogen and oxygen atoms in total. The number of rotatable bonds is 4. The summed E-state index contributed by atoms with van der Waals surface area (Å²) in [5.41, 5.74) is 2.36. The molecule has 0 radical (unpaired) electrons. The van der Waals surface area contributed by atoms with Gasteiger partial charge in [0.2, 0.25) is 0 Å². The fourth-order valence-corrected chi connectivity index (χ4v) is 2.90. The van der Waals surface area contributed by atoms with Crippen LogP contribution in [-0.4, -0.2) is 27.5 Å². The molecule has 0 bridgehead atoms. The van der Waals surface area contributed by atoms with Gasteiger partial charge >= 0.3 is 0 Å². The molecular weight excluding hydrogens is 318 g/mol. The van der Waals surface area contributed by atoms with Crippen LogP contribution in [0, 0.1) is 0 Å². The molecule has 4 rings (SSSR count). The average Bonchev–Trinajstić information content (AvgIpc) is 3.09. The SMILES string of the molecule is O=C(c1ccccc1)N1CCc2onc(COc3cccnc3)c2C1. The zero-order chi connectivity index (χ0) is 17.1. The zero-order valence-electron chi connectivity index (χ0n) is 13.6. The molecule has 1 aliphatic heterocycles. The maximum absolute atomic E-state index is 12.7. The highest BCUT2D eigenvalue weighted by Crippen LogP contribution is 2.24. The number of fused-ring (bicyclic) bond motifs is 1. The van der Waals surface area contributed by atoms with Gasteiger partial charge in [-0.2, -0.15) is 0 Å². The molecule has 6 heteroatoms. The molecule has 0 spiro atoms. The van der Waals surface area contributed by atoms with E-state index < -0.39 is 0 Å². The number of amides is 1. The van der Waals surface area contributed by atoms with Gasteiger partial charge in [0, 0.05) is 30.3 Å². The number of hydrogen-bond acceptors (Lipinski definition) is 5. The molecule has 0 atom stereocenters. The van der Waals surface area contributed by atoms with Crippen molar-refractivity contribution in [2.24, 2.45) is 0 Å². The third-order valence-electron chi connectivity index (χ3n) is 4.23. The molecular formula is C19H17N3O3. The summed E-state index contributed by atoms with van der Waals surface area (Å²) in [6, 6.07) is 13.0. The summed E-state index contributed by atoms with van der Waals surface area (Å²) < 4.78 is 11.1. The molecule has 1 amide bonds. The smallest absolute Gasteiger partial charge is 0.254 e. The lowest BCUT2D eigenvalue weighted by atomic mass is 10.0. The second-order valence-corrected chi connectivity index (χ2v) is 5.85. The number of carbonyl (C=O) groups is 1. The van der Waals surface area contributed by atoms with Gasteiger partial charge in [-0.05, 0) is 24.3 Å². The predicted molar refractivity (Wildman–Crippen MR) is 90.0 cm³/mol. The Morgan fingerprint density at radius 3 is 2.88 bits per heavy atom. The summed E-state index contributed by atoms with van der Waals surface area (Å²) in [7, 11) is 0. The first-order valence-corrected chi connectivity index (χ1v) is 8.15. The lowest BCUT2D eigenvalue weighted by molar-refractivity contribution is 0.0728. The first kappa shape index (κ1) is 15.4. The van der Waals surface area contributed by atoms with Gasteiger partial charge in [-0.1, -0.05) is 23.4 Å². The van der Waals surface area contributed by atoms with E-state index in [0.29, 0.717) is 30.8 Å². The molecule has 0 saturated heterocycles. The van der Waals surface area contributed by atoms with Crippen molar-refractivity contribution in [2.45, 2.75) is 19.6 Å². The average molecular weight is 335 g/mol. The summed E-state index contributed by atoms with van der Waals surface area (Å²) in [6.07, 6.45) is 4.00. The molecule has 0 saturated carbocycles. The third kappa shape index (κ3) is 3.24. The maximum Gasteiger partial charge on any atom is 0.254 e. The largest absolute Gasteiger partial charge is 0.486 e. The van der Waals surface area contributed by atoms with E-state index in [-0.39, 0.29) is 12.5 Å². The first-order valence-electron chi connectivity index (χ1n) is 8.15. The number of aromatic nitrogens is 2. The number of ether oxygens (including phenoxy) is 1. The van der Waals surface area contributed by atoms with Gasteiger partial charge in [0.25, 0.3) is 5.91 Å². The highest BCUT2D eigenvalue weighted by molar-refractivity contribution is 5.94. The topological polar surface area (TPSA) is 68.5 Å². The minimum absolute atomic E-state index is 0.0200. The normalized spacial score (nSPS) is 13.4. The number of benzene rings is 1. The van der Waals surface area contributed by atoms with Crippen LogP contribution in [0.2, 0.25) is 0 Å². The van der Waals surface area contributed by atoms with Gasteiger partial charge in [0.15, 0.2) is 0 Å². The summed E-state index contributed by atoms with van der Waals surface area (Å²) in [4.78, 5) is 18.5. The van der Waals surface area contributed by atoms with Gasteiger partial charge in [0.1, 0.15) is 23.8 Å². The standard InChI is InChI=1S/C19H17N3O3/c23-19(14-5-2-1-3-6-14)22-10-8-18-16(12-22)17(21-25-18)13-24-15-7-4-9-20-11-15/h1-7,9,11H,8,10,12-13H2. The second kappa shape index (κ2) is 6.76. The van der Waals surface area contributed by atoms with E-state index in [1.807, 2.05) is 47.4 Å². The van der Waals surface area contributed by atoms with Gasteiger partial charge in [-0.25, -0.2) is 0 Å². The molecule has 0 unspecified atom stereocenters. The van der Waals surface area contributed by atoms with E-state index in [9.17, 15) is 4.79 Å². The van der Waals surface area contributed by atoms with E-state index in [1.54, 1.807) is 12.4 Å². The van der Waals surface area contributed by atoms with Crippen LogP contribution in [0.25, 0.3) is 0 Å². The number of pyridine rings is 1. The summed E-state index contributed by atoms with van der Waals surface area (Å²) >= 11 is 0. The molecule has 2 aromatic heterocycles. The van der Waals surface area contributed by atoms with E-state index in [2.05, 4.69) is 10.1 Å². The van der Waals surface area contributed by atoms with Crippen LogP contribution in [-0.2, 0) is 19.6 Å². The highest BCUT2D eigenvalue weighted by atomic mass is 16.5. The maximum atomic E-state index is 12.7. The Balaban J connectivity index is 1.49. The molecule has 0 N–H and O–H groups in total. The minimum atomic E-state index is 0.0200. The van der Waals surface area contributed by atoms with Crippen LogP contribution >= 0.6 is 0 Å². The van der Waals surface area contributed by atoms with Crippen LogP contribution in [0.3, 0.4) is 0 Å². The van der Waals surface area contributed by atoms with Crippen LogP contribution in [0.4, 0.5) is 0 Å². The van der Waals surface area contributed by atoms with Gasteiger partial charge in [0.05, 0.1) is 12.7 Å². The van der Waals surface area contributed by atoms with Crippen molar-refractivity contribution >= 4 is 5.91 Å². The molecule has 3 aromatic rings. The summed E-state index contributed by atoms with van der Waals surface area (Å²) in [5.74, 6) is 1.53. The third-order valence-corrected chi connectivity index (χ3v) is 4.23. The fourth-order valence-electron chi connectivity index (χ4n) is 2.90. The molecule has 1 aliphatic rings. The number of hydrogen-bond donors (Lipinski definition) is 0. The second-order valence-electron chi connectivity index (χ2n) is 5.85. The molecule has 0 fully saturated rings. The number of nitrogens with zero attached hydrogens (tertiary/aromatic N) is 3. The molecule has 126 valence electrons. The van der Waals surface area contributed by atoms with E-state index >= 15 is 0 Å². The highest BCUT2D eigenvalue weighted by Gasteiger charge is 2.27. The first-order chi connectivity index (χ1) is 12.3. The van der Waals surface area contributed by atoms with E-state index in [0.717, 1.165) is 17.0 Å². The van der Waals surface area contributed by atoms with Crippen molar-refractivity contribution in [3.05, 3.63) is 77.4 Å². The Labute approximate surface area is 145 Å². The Hall–Kier alpha value is -3.15. The van der Waals surface area contributed by atoms with Crippen molar-refractivity contribution in [3.8, 4) is 5.75 Å². The lowest BCUT2D eigenvalue weighted by Crippen LogP contribution is -2.35. The van der Waals surface area contributed by atoms with Gasteiger partial charge in [-0.15, -0.1) is 0 Å². The van der Waals surface area contributed by atoms with Crippen molar-refractivity contribution in [1.29, 1.82) is 0 Å². The van der Waals surface area contributed by atoms with Crippen LogP contribution in [0.1, 0.15) is 27.4 Å². The van der Waals surface area contributed by atoms with Crippen molar-refractivity contribution in [2.75, 3.05) is 6.54 Å². The Bertz CT molecular complexity index is 862. The molecule has 0 aliphatic carbocycles. The van der Waals surface area contributed by atoms with Gasteiger partial charge < -0.3 is 14.2 Å². The zero-order valence-corrected chi connectivity index (χ0v) is 13.6. The lowest BCUT2D eigenvalue weighted by Gasteiger charge is -2.26. The fraction of sp³-hybridized carbons (Fsp3) is 0.211. The Kier molecular flexibility index (Phi) is 4.16. The van der Waals surface area contributed by atoms with Crippen LogP contribution in [0.5, 0.6) is 5.75 Å². The summed E-state index contributed by atoms with van der Waals surface area (Å²) in [5, 5.41) is 4.12. The van der Waals surface area contributed by atoms with Crippen molar-refractivity contribution < 1.29 is 14.1 Å². The van der Waals surface area contributed by atoms with Crippen LogP contribution < -0.4 is 4.74 Å². The quantitative estimate of drug-likeness (QED) is 0.733. The van der Waals surface area contributed by atoms with Crippen molar-refractivity contribution in [3.63, 3.8) is 0 Å². The molecule has 25 heavy (non-hydrogen) atoms. The predicted octanol–water partition coefficient (Wildman–Crippen LogP) is 2.85. The van der Waals surface area contributed by atoms with Crippen molar-refractivity contribution in [1.82, 2.24) is 15.0 Å². The molecule has 3 heterocycles. The van der Waals surface area contributed by atoms with E-state index in [1.165, 1.54) is 0 Å². The molecule has 1 aromatic carbocycles. The number of carbonyl (C=O) groups excluding carboxylic acids is 1.